The zero-order chi connectivity index (χ0) is 14.7. The number of nitrogens with one attached hydrogen (secondary N) is 1. The number of fused-ring (bicyclic) bond motifs is 1. The van der Waals surface area contributed by atoms with Gasteiger partial charge in [-0.2, -0.15) is 5.26 Å². The van der Waals surface area contributed by atoms with E-state index in [1.165, 1.54) is 0 Å². The van der Waals surface area contributed by atoms with Crippen LogP contribution in [-0.2, 0) is 0 Å². The van der Waals surface area contributed by atoms with Crippen LogP contribution in [0.15, 0.2) is 63.6 Å². The Balaban J connectivity index is 1.93. The third-order valence-electron chi connectivity index (χ3n) is 2.89. The molecule has 0 spiro atoms. The van der Waals surface area contributed by atoms with Crippen LogP contribution in [0.2, 0.25) is 0 Å². The Kier molecular flexibility index (Phi) is 3.71. The number of halogens is 1. The van der Waals surface area contributed by atoms with Crippen molar-refractivity contribution in [1.82, 2.24) is 4.98 Å². The predicted octanol–water partition coefficient (Wildman–Crippen LogP) is 4.57. The van der Waals surface area contributed by atoms with Crippen LogP contribution in [0, 0.1) is 11.3 Å². The smallest absolute Gasteiger partial charge is 0.239 e. The molecule has 102 valence electrons. The molecule has 3 aromatic rings. The lowest BCUT2D eigenvalue weighted by atomic mass is 10.3. The van der Waals surface area contributed by atoms with Crippen molar-refractivity contribution in [2.24, 2.45) is 0 Å². The highest BCUT2D eigenvalue weighted by Crippen LogP contribution is 2.23. The van der Waals surface area contributed by atoms with Crippen LogP contribution < -0.4 is 5.32 Å². The van der Waals surface area contributed by atoms with Crippen molar-refractivity contribution in [3.63, 3.8) is 0 Å². The second-order valence-corrected chi connectivity index (χ2v) is 5.14. The van der Waals surface area contributed by atoms with E-state index in [9.17, 15) is 5.26 Å². The second kappa shape index (κ2) is 5.81. The van der Waals surface area contributed by atoms with E-state index in [2.05, 4.69) is 32.3 Å². The average Bonchev–Trinajstić information content (AvgIpc) is 2.93. The van der Waals surface area contributed by atoms with Crippen molar-refractivity contribution < 1.29 is 4.42 Å². The molecule has 2 aromatic carbocycles. The van der Waals surface area contributed by atoms with Crippen LogP contribution >= 0.6 is 15.9 Å². The lowest BCUT2D eigenvalue weighted by molar-refractivity contribution is 0.586. The topological polar surface area (TPSA) is 61.9 Å². The fourth-order valence-corrected chi connectivity index (χ4v) is 2.26. The van der Waals surface area contributed by atoms with Crippen molar-refractivity contribution >= 4 is 38.3 Å². The number of para-hydroxylation sites is 3. The number of hydrogen-bond acceptors (Lipinski definition) is 4. The third-order valence-corrected chi connectivity index (χ3v) is 3.58. The molecule has 0 saturated carbocycles. The van der Waals surface area contributed by atoms with E-state index in [0.717, 1.165) is 15.7 Å². The Morgan fingerprint density at radius 2 is 1.95 bits per heavy atom. The summed E-state index contributed by atoms with van der Waals surface area (Å²) in [6.45, 7) is 0. The minimum atomic E-state index is 0.304. The van der Waals surface area contributed by atoms with Gasteiger partial charge in [-0.15, -0.1) is 0 Å². The van der Waals surface area contributed by atoms with Crippen molar-refractivity contribution in [2.45, 2.75) is 0 Å². The van der Waals surface area contributed by atoms with E-state index in [1.807, 2.05) is 48.5 Å². The summed E-state index contributed by atoms with van der Waals surface area (Å²) >= 11 is 3.44. The molecule has 1 aromatic heterocycles. The molecule has 0 fully saturated rings. The number of benzene rings is 2. The van der Waals surface area contributed by atoms with Gasteiger partial charge in [0.1, 0.15) is 17.2 Å². The van der Waals surface area contributed by atoms with Gasteiger partial charge >= 0.3 is 0 Å². The molecule has 5 heteroatoms. The van der Waals surface area contributed by atoms with Gasteiger partial charge in [-0.25, -0.2) is 4.98 Å². The lowest BCUT2D eigenvalue weighted by Gasteiger charge is -2.03. The minimum Gasteiger partial charge on any atom is -0.435 e. The Bertz CT molecular complexity index is 828. The monoisotopic (exact) mass is 339 g/mol. The summed E-state index contributed by atoms with van der Waals surface area (Å²) in [5.74, 6) is 0.304. The number of allylic oxidation sites excluding steroid dienone is 1. The van der Waals surface area contributed by atoms with Gasteiger partial charge in [0.05, 0.1) is 5.69 Å². The van der Waals surface area contributed by atoms with E-state index in [0.29, 0.717) is 17.0 Å². The number of nitrogens with zero attached hydrogens (tertiary/aromatic N) is 2. The molecule has 3 rings (SSSR count). The van der Waals surface area contributed by atoms with Gasteiger partial charge in [0.25, 0.3) is 0 Å². The molecule has 4 nitrogen and oxygen atoms in total. The highest BCUT2D eigenvalue weighted by Gasteiger charge is 2.10. The van der Waals surface area contributed by atoms with Gasteiger partial charge in [-0.3, -0.25) is 0 Å². The molecule has 0 saturated heterocycles. The maximum Gasteiger partial charge on any atom is 0.239 e. The van der Waals surface area contributed by atoms with E-state index in [1.54, 1.807) is 6.20 Å². The molecule has 0 aliphatic heterocycles. The molecule has 0 radical (unpaired) electrons. The van der Waals surface area contributed by atoms with Crippen LogP contribution in [0.3, 0.4) is 0 Å². The SMILES string of the molecule is N#C/C(=C\Nc1ccccc1Br)c1nc2ccccc2o1. The fourth-order valence-electron chi connectivity index (χ4n) is 1.86. The zero-order valence-corrected chi connectivity index (χ0v) is 12.5. The van der Waals surface area contributed by atoms with E-state index in [-0.39, 0.29) is 0 Å². The molecular weight excluding hydrogens is 330 g/mol. The van der Waals surface area contributed by atoms with Crippen LogP contribution in [0.5, 0.6) is 0 Å². The van der Waals surface area contributed by atoms with Gasteiger partial charge in [-0.05, 0) is 40.2 Å². The van der Waals surface area contributed by atoms with Crippen LogP contribution in [-0.4, -0.2) is 4.98 Å². The average molecular weight is 340 g/mol. The highest BCUT2D eigenvalue weighted by molar-refractivity contribution is 9.10. The first-order valence-electron chi connectivity index (χ1n) is 6.25. The Morgan fingerprint density at radius 3 is 2.71 bits per heavy atom. The highest BCUT2D eigenvalue weighted by atomic mass is 79.9. The Morgan fingerprint density at radius 1 is 1.19 bits per heavy atom. The Hall–Kier alpha value is -2.58. The molecule has 0 aliphatic carbocycles. The summed E-state index contributed by atoms with van der Waals surface area (Å²) in [7, 11) is 0. The zero-order valence-electron chi connectivity index (χ0n) is 10.9. The van der Waals surface area contributed by atoms with Crippen molar-refractivity contribution in [2.75, 3.05) is 5.32 Å². The largest absolute Gasteiger partial charge is 0.435 e. The minimum absolute atomic E-state index is 0.304. The number of rotatable bonds is 3. The molecule has 0 unspecified atom stereocenters. The van der Waals surface area contributed by atoms with Crippen molar-refractivity contribution in [3.8, 4) is 6.07 Å². The molecular formula is C16H10BrN3O. The normalized spacial score (nSPS) is 11.3. The van der Waals surface area contributed by atoms with Gasteiger partial charge in [-0.1, -0.05) is 24.3 Å². The lowest BCUT2D eigenvalue weighted by Crippen LogP contribution is -1.92. The molecule has 0 aliphatic rings. The number of anilines is 1. The Labute approximate surface area is 129 Å². The second-order valence-electron chi connectivity index (χ2n) is 4.28. The predicted molar refractivity (Wildman–Crippen MR) is 85.4 cm³/mol. The van der Waals surface area contributed by atoms with Gasteiger partial charge in [0, 0.05) is 10.7 Å². The third kappa shape index (κ3) is 2.81. The molecule has 0 atom stereocenters. The fraction of sp³-hybridized carbons (Fsp3) is 0. The number of aromatic nitrogens is 1. The maximum absolute atomic E-state index is 9.28. The van der Waals surface area contributed by atoms with E-state index >= 15 is 0 Å². The van der Waals surface area contributed by atoms with Crippen molar-refractivity contribution in [1.29, 1.82) is 5.26 Å². The number of hydrogen-bond donors (Lipinski definition) is 1. The number of nitriles is 1. The molecule has 21 heavy (non-hydrogen) atoms. The maximum atomic E-state index is 9.28. The molecule has 0 bridgehead atoms. The van der Waals surface area contributed by atoms with Gasteiger partial charge in [0.2, 0.25) is 5.89 Å². The number of oxazole rings is 1. The van der Waals surface area contributed by atoms with Crippen LogP contribution in [0.4, 0.5) is 5.69 Å². The van der Waals surface area contributed by atoms with E-state index in [4.69, 9.17) is 4.42 Å². The van der Waals surface area contributed by atoms with Gasteiger partial charge in [0.15, 0.2) is 5.58 Å². The summed E-state index contributed by atoms with van der Waals surface area (Å²) in [6, 6.07) is 17.2. The summed E-state index contributed by atoms with van der Waals surface area (Å²) < 4.78 is 6.50. The summed E-state index contributed by atoms with van der Waals surface area (Å²) in [4.78, 5) is 4.31. The first kappa shape index (κ1) is 13.4. The van der Waals surface area contributed by atoms with Crippen molar-refractivity contribution in [3.05, 3.63) is 65.1 Å². The summed E-state index contributed by atoms with van der Waals surface area (Å²) in [6.07, 6.45) is 1.59. The summed E-state index contributed by atoms with van der Waals surface area (Å²) in [5.41, 5.74) is 2.59. The summed E-state index contributed by atoms with van der Waals surface area (Å²) in [5, 5.41) is 12.4. The molecule has 1 N–H and O–H groups in total. The molecule has 0 amide bonds. The first-order chi connectivity index (χ1) is 10.3. The van der Waals surface area contributed by atoms with E-state index < -0.39 is 0 Å². The first-order valence-corrected chi connectivity index (χ1v) is 7.04. The quantitative estimate of drug-likeness (QED) is 0.710. The van der Waals surface area contributed by atoms with Gasteiger partial charge < -0.3 is 9.73 Å². The standard InChI is InChI=1S/C16H10BrN3O/c17-12-5-1-2-6-13(12)19-10-11(9-18)16-20-14-7-3-4-8-15(14)21-16/h1-8,10,19H/b11-10+. The van der Waals surface area contributed by atoms with Crippen LogP contribution in [0.1, 0.15) is 5.89 Å². The van der Waals surface area contributed by atoms with Crippen LogP contribution in [0.25, 0.3) is 16.7 Å². The molecule has 1 heterocycles.